The molecule has 0 bridgehead atoms. The van der Waals surface area contributed by atoms with Crippen molar-refractivity contribution in [2.75, 3.05) is 18.9 Å². The summed E-state index contributed by atoms with van der Waals surface area (Å²) < 4.78 is 5.89. The van der Waals surface area contributed by atoms with Crippen LogP contribution in [0.3, 0.4) is 0 Å². The number of nitrogens with two attached hydrogens (primary N) is 2. The predicted molar refractivity (Wildman–Crippen MR) is 77.1 cm³/mol. The summed E-state index contributed by atoms with van der Waals surface area (Å²) in [5.74, 6) is 6.20. The fourth-order valence-electron chi connectivity index (χ4n) is 1.09. The number of benzene rings is 1. The first-order chi connectivity index (χ1) is 8.59. The van der Waals surface area contributed by atoms with Crippen molar-refractivity contribution in [1.29, 1.82) is 0 Å². The van der Waals surface area contributed by atoms with Crippen LogP contribution in [0.4, 0.5) is 0 Å². The number of thioether (sulfide) groups is 1. The SMILES string of the molecule is NC(=O)CSC(=S)N(N)CCOc1ccccc1. The fraction of sp³-hybridized carbons (Fsp3) is 0.273. The van der Waals surface area contributed by atoms with Crippen LogP contribution in [0.15, 0.2) is 30.3 Å². The van der Waals surface area contributed by atoms with E-state index in [1.807, 2.05) is 30.3 Å². The lowest BCUT2D eigenvalue weighted by Crippen LogP contribution is -2.38. The molecule has 7 heteroatoms. The third-order valence-electron chi connectivity index (χ3n) is 1.92. The molecule has 0 aliphatic heterocycles. The first kappa shape index (κ1) is 14.7. The van der Waals surface area contributed by atoms with E-state index in [4.69, 9.17) is 28.5 Å². The van der Waals surface area contributed by atoms with Gasteiger partial charge in [-0.25, -0.2) is 5.84 Å². The van der Waals surface area contributed by atoms with Gasteiger partial charge in [0, 0.05) is 0 Å². The lowest BCUT2D eigenvalue weighted by molar-refractivity contribution is -0.115. The molecular weight excluding hydrogens is 270 g/mol. The van der Waals surface area contributed by atoms with Crippen LogP contribution in [0.1, 0.15) is 0 Å². The van der Waals surface area contributed by atoms with Crippen LogP contribution in [0.5, 0.6) is 5.75 Å². The summed E-state index contributed by atoms with van der Waals surface area (Å²) in [6.07, 6.45) is 0. The van der Waals surface area contributed by atoms with Crippen LogP contribution in [0, 0.1) is 0 Å². The lowest BCUT2D eigenvalue weighted by Gasteiger charge is -2.18. The number of hydrogen-bond acceptors (Lipinski definition) is 5. The van der Waals surface area contributed by atoms with Crippen molar-refractivity contribution in [2.45, 2.75) is 0 Å². The highest BCUT2D eigenvalue weighted by molar-refractivity contribution is 8.23. The molecule has 0 spiro atoms. The zero-order chi connectivity index (χ0) is 13.4. The Morgan fingerprint density at radius 2 is 2.06 bits per heavy atom. The van der Waals surface area contributed by atoms with E-state index in [2.05, 4.69) is 0 Å². The Morgan fingerprint density at radius 1 is 1.39 bits per heavy atom. The van der Waals surface area contributed by atoms with E-state index in [9.17, 15) is 4.79 Å². The van der Waals surface area contributed by atoms with Gasteiger partial charge in [-0.1, -0.05) is 42.2 Å². The molecule has 1 aromatic rings. The molecule has 5 nitrogen and oxygen atoms in total. The van der Waals surface area contributed by atoms with E-state index in [0.717, 1.165) is 17.5 Å². The fourth-order valence-corrected chi connectivity index (χ4v) is 1.88. The molecule has 1 aromatic carbocycles. The highest BCUT2D eigenvalue weighted by Gasteiger charge is 2.07. The van der Waals surface area contributed by atoms with Crippen LogP contribution in [-0.2, 0) is 4.79 Å². The topological polar surface area (TPSA) is 81.6 Å². The summed E-state index contributed by atoms with van der Waals surface area (Å²) in [6.45, 7) is 0.858. The minimum Gasteiger partial charge on any atom is -0.492 e. The average Bonchev–Trinajstić information content (AvgIpc) is 2.37. The minimum atomic E-state index is -0.420. The standard InChI is InChI=1S/C11H15N3O2S2/c12-10(15)8-18-11(17)14(13)6-7-16-9-4-2-1-3-5-9/h1-5H,6-8,13H2,(H2,12,15). The molecule has 0 saturated heterocycles. The molecule has 0 heterocycles. The second-order valence-corrected chi connectivity index (χ2v) is 4.98. The lowest BCUT2D eigenvalue weighted by atomic mass is 10.3. The Kier molecular flexibility index (Phi) is 6.48. The van der Waals surface area contributed by atoms with Crippen LogP contribution in [-0.4, -0.2) is 34.1 Å². The average molecular weight is 285 g/mol. The number of hydrogen-bond donors (Lipinski definition) is 2. The molecule has 0 radical (unpaired) electrons. The maximum atomic E-state index is 10.6. The number of hydrazine groups is 1. The summed E-state index contributed by atoms with van der Waals surface area (Å²) in [5, 5.41) is 1.37. The van der Waals surface area contributed by atoms with E-state index in [-0.39, 0.29) is 5.75 Å². The van der Waals surface area contributed by atoms with Crippen molar-refractivity contribution < 1.29 is 9.53 Å². The molecule has 18 heavy (non-hydrogen) atoms. The van der Waals surface area contributed by atoms with E-state index < -0.39 is 5.91 Å². The van der Waals surface area contributed by atoms with Crippen molar-refractivity contribution in [1.82, 2.24) is 5.01 Å². The zero-order valence-electron chi connectivity index (χ0n) is 9.74. The van der Waals surface area contributed by atoms with Crippen molar-refractivity contribution >= 4 is 34.2 Å². The summed E-state index contributed by atoms with van der Waals surface area (Å²) in [4.78, 5) is 10.6. The van der Waals surface area contributed by atoms with Gasteiger partial charge < -0.3 is 10.5 Å². The molecule has 0 fully saturated rings. The van der Waals surface area contributed by atoms with Crippen molar-refractivity contribution in [3.8, 4) is 5.75 Å². The molecule has 1 amide bonds. The Hall–Kier alpha value is -1.31. The molecule has 1 rings (SSSR count). The van der Waals surface area contributed by atoms with Crippen molar-refractivity contribution in [3.05, 3.63) is 30.3 Å². The molecule has 0 atom stereocenters. The number of ether oxygens (including phenoxy) is 1. The zero-order valence-corrected chi connectivity index (χ0v) is 11.4. The molecule has 0 saturated carbocycles. The number of nitrogens with zero attached hydrogens (tertiary/aromatic N) is 1. The monoisotopic (exact) mass is 285 g/mol. The number of primary amides is 1. The Bertz CT molecular complexity index is 401. The van der Waals surface area contributed by atoms with Crippen LogP contribution in [0.2, 0.25) is 0 Å². The molecule has 0 aliphatic carbocycles. The molecule has 0 aliphatic rings. The summed E-state index contributed by atoms with van der Waals surface area (Å²) in [7, 11) is 0. The summed E-state index contributed by atoms with van der Waals surface area (Å²) in [5.41, 5.74) is 5.01. The third kappa shape index (κ3) is 5.85. The van der Waals surface area contributed by atoms with Crippen LogP contribution >= 0.6 is 24.0 Å². The van der Waals surface area contributed by atoms with Crippen LogP contribution in [0.25, 0.3) is 0 Å². The Labute approximate surface area is 115 Å². The van der Waals surface area contributed by atoms with E-state index in [0.29, 0.717) is 17.5 Å². The van der Waals surface area contributed by atoms with Crippen molar-refractivity contribution in [3.63, 3.8) is 0 Å². The maximum absolute atomic E-state index is 10.6. The van der Waals surface area contributed by atoms with E-state index >= 15 is 0 Å². The molecule has 0 unspecified atom stereocenters. The second-order valence-electron chi connectivity index (χ2n) is 3.38. The van der Waals surface area contributed by atoms with Gasteiger partial charge in [0.25, 0.3) is 0 Å². The van der Waals surface area contributed by atoms with Gasteiger partial charge >= 0.3 is 0 Å². The normalized spacial score (nSPS) is 9.83. The Morgan fingerprint density at radius 3 is 2.67 bits per heavy atom. The van der Waals surface area contributed by atoms with Gasteiger partial charge in [0.2, 0.25) is 5.91 Å². The summed E-state index contributed by atoms with van der Waals surface area (Å²) in [6, 6.07) is 9.42. The van der Waals surface area contributed by atoms with Gasteiger partial charge in [-0.05, 0) is 12.1 Å². The predicted octanol–water partition coefficient (Wildman–Crippen LogP) is 0.744. The largest absolute Gasteiger partial charge is 0.492 e. The van der Waals surface area contributed by atoms with Gasteiger partial charge in [-0.15, -0.1) is 0 Å². The Balaban J connectivity index is 2.22. The van der Waals surface area contributed by atoms with E-state index in [1.54, 1.807) is 0 Å². The molecule has 98 valence electrons. The number of amides is 1. The maximum Gasteiger partial charge on any atom is 0.227 e. The quantitative estimate of drug-likeness (QED) is 0.456. The minimum absolute atomic E-state index is 0.131. The first-order valence-electron chi connectivity index (χ1n) is 5.24. The van der Waals surface area contributed by atoms with Gasteiger partial charge in [0.15, 0.2) is 4.32 Å². The number of thiocarbonyl (C=S) groups is 1. The number of para-hydroxylation sites is 1. The molecular formula is C11H15N3O2S2. The molecule has 4 N–H and O–H groups in total. The number of rotatable bonds is 6. The van der Waals surface area contributed by atoms with Gasteiger partial charge in [-0.2, -0.15) is 0 Å². The highest BCUT2D eigenvalue weighted by Crippen LogP contribution is 2.09. The van der Waals surface area contributed by atoms with Gasteiger partial charge in [0.05, 0.1) is 12.3 Å². The molecule has 0 aromatic heterocycles. The van der Waals surface area contributed by atoms with E-state index in [1.165, 1.54) is 5.01 Å². The number of carbonyl (C=O) groups is 1. The second kappa shape index (κ2) is 7.91. The smallest absolute Gasteiger partial charge is 0.227 e. The van der Waals surface area contributed by atoms with Crippen LogP contribution < -0.4 is 16.3 Å². The van der Waals surface area contributed by atoms with Crippen molar-refractivity contribution in [2.24, 2.45) is 11.6 Å². The highest BCUT2D eigenvalue weighted by atomic mass is 32.2. The van der Waals surface area contributed by atoms with Gasteiger partial charge in [0.1, 0.15) is 12.4 Å². The number of carbonyl (C=O) groups excluding carboxylic acids is 1. The first-order valence-corrected chi connectivity index (χ1v) is 6.64. The van der Waals surface area contributed by atoms with Gasteiger partial charge in [-0.3, -0.25) is 9.80 Å². The summed E-state index contributed by atoms with van der Waals surface area (Å²) >= 11 is 6.17. The third-order valence-corrected chi connectivity index (χ3v) is 3.41.